The first-order chi connectivity index (χ1) is 35.9. The predicted octanol–water partition coefficient (Wildman–Crippen LogP) is 18.4. The van der Waals surface area contributed by atoms with Crippen molar-refractivity contribution in [2.75, 3.05) is 9.80 Å². The summed E-state index contributed by atoms with van der Waals surface area (Å²) >= 11 is 0. The second kappa shape index (κ2) is 16.1. The van der Waals surface area contributed by atoms with Crippen molar-refractivity contribution in [1.29, 1.82) is 0 Å². The molecule has 0 saturated carbocycles. The Morgan fingerprint density at radius 2 is 0.948 bits per heavy atom. The second-order valence-electron chi connectivity index (χ2n) is 31.1. The fraction of sp³-hybridized carbons (Fsp3) is 0.479. The van der Waals surface area contributed by atoms with Gasteiger partial charge in [0, 0.05) is 39.3 Å². The highest BCUT2D eigenvalue weighted by Crippen LogP contribution is 2.55. The van der Waals surface area contributed by atoms with Crippen LogP contribution in [-0.2, 0) is 49.7 Å². The fourth-order valence-corrected chi connectivity index (χ4v) is 15.9. The zero-order chi connectivity index (χ0) is 54.7. The van der Waals surface area contributed by atoms with E-state index in [1.165, 1.54) is 162 Å². The molecule has 0 amide bonds. The summed E-state index contributed by atoms with van der Waals surface area (Å²) in [6, 6.07) is 38.0. The van der Waals surface area contributed by atoms with Gasteiger partial charge in [0.05, 0.1) is 0 Å². The third-order valence-electron chi connectivity index (χ3n) is 21.5. The van der Waals surface area contributed by atoms with Crippen molar-refractivity contribution < 1.29 is 4.42 Å². The third-order valence-corrected chi connectivity index (χ3v) is 21.5. The second-order valence-corrected chi connectivity index (χ2v) is 31.1. The number of hydrogen-bond acceptors (Lipinski definition) is 3. The van der Waals surface area contributed by atoms with E-state index in [2.05, 4.69) is 225 Å². The minimum absolute atomic E-state index is 0.0248. The average Bonchev–Trinajstić information content (AvgIpc) is 3.91. The van der Waals surface area contributed by atoms with Crippen molar-refractivity contribution >= 4 is 68.4 Å². The van der Waals surface area contributed by atoms with E-state index in [4.69, 9.17) is 4.42 Å². The highest BCUT2D eigenvalue weighted by Gasteiger charge is 2.49. The molecule has 0 fully saturated rings. The molecule has 6 aromatic carbocycles. The van der Waals surface area contributed by atoms with Gasteiger partial charge in [0.25, 0.3) is 6.71 Å². The minimum Gasteiger partial charge on any atom is -0.440 e. The zero-order valence-electron chi connectivity index (χ0n) is 50.4. The molecule has 1 aromatic heterocycles. The standard InChI is InChI=1S/C73H87BN2O/c1-43-34-54-57(73(17,18)33-32-70(54,11)12)41-49(43)45-36-60-64-61(37-45)76(48-23-25-52-56(40-48)72(15,16)31-29-69(52,9)10)65-63(50-38-46(66(2,3)4)21-26-62(50)77-65)74(64)58-35-44-20-19-27-67(5,6)53(44)42-59(58)75(60)47-22-24-51-55(39-47)71(13,14)30-28-68(51,7)8/h21-26,34-42H,19-20,27-33H2,1-18H3. The van der Waals surface area contributed by atoms with E-state index < -0.39 is 0 Å². The van der Waals surface area contributed by atoms with Gasteiger partial charge in [-0.3, -0.25) is 4.90 Å². The highest BCUT2D eigenvalue weighted by molar-refractivity contribution is 7.01. The Balaban J connectivity index is 1.19. The quantitative estimate of drug-likeness (QED) is 0.164. The molecule has 4 aliphatic carbocycles. The van der Waals surface area contributed by atoms with Gasteiger partial charge in [0.15, 0.2) is 0 Å². The Kier molecular flexibility index (Phi) is 10.7. The lowest BCUT2D eigenvalue weighted by Gasteiger charge is -2.46. The van der Waals surface area contributed by atoms with E-state index in [0.29, 0.717) is 0 Å². The van der Waals surface area contributed by atoms with E-state index in [1.54, 1.807) is 0 Å². The molecule has 77 heavy (non-hydrogen) atoms. The molecule has 3 heterocycles. The summed E-state index contributed by atoms with van der Waals surface area (Å²) in [6.45, 7) is 44.0. The lowest BCUT2D eigenvalue weighted by atomic mass is 9.33. The largest absolute Gasteiger partial charge is 0.440 e. The van der Waals surface area contributed by atoms with Gasteiger partial charge in [-0.2, -0.15) is 0 Å². The molecule has 0 atom stereocenters. The minimum atomic E-state index is -0.0660. The van der Waals surface area contributed by atoms with Crippen molar-refractivity contribution in [3.05, 3.63) is 147 Å². The summed E-state index contributed by atoms with van der Waals surface area (Å²) in [6.07, 6.45) is 10.6. The number of anilines is 6. The smallest absolute Gasteiger partial charge is 0.257 e. The molecule has 0 unspecified atom stereocenters. The third kappa shape index (κ3) is 7.54. The fourth-order valence-electron chi connectivity index (χ4n) is 15.9. The number of benzene rings is 6. The maximum absolute atomic E-state index is 7.60. The van der Waals surface area contributed by atoms with Gasteiger partial charge in [0.1, 0.15) is 5.58 Å². The molecule has 2 aliphatic heterocycles. The Hall–Kier alpha value is -5.48. The van der Waals surface area contributed by atoms with Gasteiger partial charge in [0.2, 0.25) is 5.88 Å². The molecule has 13 rings (SSSR count). The van der Waals surface area contributed by atoms with E-state index in [9.17, 15) is 0 Å². The molecule has 398 valence electrons. The van der Waals surface area contributed by atoms with Gasteiger partial charge in [-0.15, -0.1) is 0 Å². The maximum atomic E-state index is 7.60. The Labute approximate surface area is 463 Å². The Morgan fingerprint density at radius 1 is 0.455 bits per heavy atom. The van der Waals surface area contributed by atoms with Gasteiger partial charge in [-0.25, -0.2) is 0 Å². The first-order valence-electron chi connectivity index (χ1n) is 29.9. The topological polar surface area (TPSA) is 19.6 Å². The van der Waals surface area contributed by atoms with Crippen molar-refractivity contribution in [1.82, 2.24) is 0 Å². The number of rotatable bonds is 3. The van der Waals surface area contributed by atoms with Crippen LogP contribution in [0.15, 0.2) is 95.4 Å². The van der Waals surface area contributed by atoms with Crippen LogP contribution in [0, 0.1) is 6.92 Å². The van der Waals surface area contributed by atoms with E-state index in [1.807, 2.05) is 0 Å². The van der Waals surface area contributed by atoms with E-state index >= 15 is 0 Å². The monoisotopic (exact) mass is 1020 g/mol. The lowest BCUT2D eigenvalue weighted by molar-refractivity contribution is 0.332. The summed E-state index contributed by atoms with van der Waals surface area (Å²) < 4.78 is 7.60. The molecule has 0 spiro atoms. The summed E-state index contributed by atoms with van der Waals surface area (Å²) in [5, 5.41) is 1.23. The van der Waals surface area contributed by atoms with Gasteiger partial charge in [-0.05, 0) is 240 Å². The number of aryl methyl sites for hydroxylation is 2. The molecule has 3 nitrogen and oxygen atoms in total. The molecule has 0 bridgehead atoms. The number of fused-ring (bicyclic) bond motifs is 10. The maximum Gasteiger partial charge on any atom is 0.257 e. The molecular weight excluding hydrogens is 932 g/mol. The molecule has 0 radical (unpaired) electrons. The van der Waals surface area contributed by atoms with Crippen molar-refractivity contribution in [3.63, 3.8) is 0 Å². The van der Waals surface area contributed by atoms with E-state index in [0.717, 1.165) is 24.3 Å². The van der Waals surface area contributed by atoms with Crippen molar-refractivity contribution in [2.45, 2.75) is 226 Å². The van der Waals surface area contributed by atoms with Crippen LogP contribution in [0.25, 0.3) is 22.1 Å². The van der Waals surface area contributed by atoms with Crippen LogP contribution in [0.2, 0.25) is 0 Å². The normalized spacial score (nSPS) is 21.3. The molecule has 6 aliphatic rings. The number of hydrogen-bond donors (Lipinski definition) is 0. The summed E-state index contributed by atoms with van der Waals surface area (Å²) in [5.41, 5.74) is 29.0. The predicted molar refractivity (Wildman–Crippen MR) is 331 cm³/mol. The zero-order valence-corrected chi connectivity index (χ0v) is 50.4. The van der Waals surface area contributed by atoms with Crippen molar-refractivity contribution in [2.24, 2.45) is 0 Å². The number of furan rings is 1. The summed E-state index contributed by atoms with van der Waals surface area (Å²) in [4.78, 5) is 5.34. The molecule has 7 aromatic rings. The van der Waals surface area contributed by atoms with Crippen LogP contribution in [0.5, 0.6) is 0 Å². The molecule has 0 saturated heterocycles. The average molecular weight is 1020 g/mol. The Morgan fingerprint density at radius 3 is 1.51 bits per heavy atom. The van der Waals surface area contributed by atoms with Crippen LogP contribution in [-0.4, -0.2) is 6.71 Å². The SMILES string of the molecule is Cc1cc2c(cc1-c1cc3c4c(c1)N(c1ccc5c(c1)C(C)(C)CCC5(C)C)c1oc5ccc(C(C)(C)C)cc5c1B4c1cc4c(cc1N3c1ccc3c(c1)C(C)(C)CCC3(C)C)C(C)(C)CCC4)C(C)(C)CCC2(C)C. The molecule has 0 N–H and O–H groups in total. The van der Waals surface area contributed by atoms with Crippen LogP contribution in [0.3, 0.4) is 0 Å². The highest BCUT2D eigenvalue weighted by atomic mass is 16.4. The van der Waals surface area contributed by atoms with Crippen LogP contribution in [0.4, 0.5) is 34.3 Å². The summed E-state index contributed by atoms with van der Waals surface area (Å²) in [5.74, 6) is 0.958. The van der Waals surface area contributed by atoms with Crippen LogP contribution >= 0.6 is 0 Å². The first-order valence-corrected chi connectivity index (χ1v) is 29.9. The van der Waals surface area contributed by atoms with Gasteiger partial charge in [-0.1, -0.05) is 154 Å². The Bertz CT molecular complexity index is 3670. The van der Waals surface area contributed by atoms with E-state index in [-0.39, 0.29) is 50.0 Å². The lowest BCUT2D eigenvalue weighted by Crippen LogP contribution is -2.61. The van der Waals surface area contributed by atoms with Gasteiger partial charge < -0.3 is 9.32 Å². The summed E-state index contributed by atoms with van der Waals surface area (Å²) in [7, 11) is 0. The first kappa shape index (κ1) is 51.0. The molecule has 4 heteroatoms. The van der Waals surface area contributed by atoms with Crippen molar-refractivity contribution in [3.8, 4) is 11.1 Å². The molecular formula is C73H87BN2O. The van der Waals surface area contributed by atoms with Crippen LogP contribution < -0.4 is 26.2 Å². The van der Waals surface area contributed by atoms with Crippen LogP contribution in [0.1, 0.15) is 225 Å². The van der Waals surface area contributed by atoms with Gasteiger partial charge >= 0.3 is 0 Å². The number of nitrogens with zero attached hydrogens (tertiary/aromatic N) is 2.